The van der Waals surface area contributed by atoms with Crippen molar-refractivity contribution >= 4 is 0 Å². The van der Waals surface area contributed by atoms with Crippen LogP contribution in [-0.4, -0.2) is 29.7 Å². The first-order chi connectivity index (χ1) is 7.20. The van der Waals surface area contributed by atoms with E-state index in [-0.39, 0.29) is 6.61 Å². The van der Waals surface area contributed by atoms with Crippen LogP contribution in [0.1, 0.15) is 17.1 Å². The summed E-state index contributed by atoms with van der Waals surface area (Å²) in [5.41, 5.74) is 2.09. The van der Waals surface area contributed by atoms with Crippen molar-refractivity contribution in [3.63, 3.8) is 0 Å². The molecule has 0 aliphatic rings. The van der Waals surface area contributed by atoms with Crippen LogP contribution in [0, 0.1) is 6.92 Å². The summed E-state index contributed by atoms with van der Waals surface area (Å²) in [4.78, 5) is 0. The number of hydrogen-bond donors (Lipinski definition) is 1. The van der Waals surface area contributed by atoms with Gasteiger partial charge >= 0.3 is 0 Å². The molecule has 0 aliphatic heterocycles. The third-order valence-corrected chi connectivity index (χ3v) is 2.29. The standard InChI is InChI=1S/C9H13N5O/c1-7-8(3-13(2)12-7)4-14-6-10-11-9(14)5-15/h3,6,15H,4-5H2,1-2H3. The lowest BCUT2D eigenvalue weighted by Gasteiger charge is -2.02. The fraction of sp³-hybridized carbons (Fsp3) is 0.444. The van der Waals surface area contributed by atoms with E-state index in [0.717, 1.165) is 11.3 Å². The lowest BCUT2D eigenvalue weighted by atomic mass is 10.2. The van der Waals surface area contributed by atoms with E-state index in [9.17, 15) is 0 Å². The molecule has 0 unspecified atom stereocenters. The highest BCUT2D eigenvalue weighted by Crippen LogP contribution is 2.08. The molecule has 0 saturated heterocycles. The van der Waals surface area contributed by atoms with Crippen LogP contribution in [0.4, 0.5) is 0 Å². The van der Waals surface area contributed by atoms with Gasteiger partial charge in [-0.05, 0) is 6.92 Å². The number of hydrogen-bond acceptors (Lipinski definition) is 4. The summed E-state index contributed by atoms with van der Waals surface area (Å²) in [5.74, 6) is 0.568. The first kappa shape index (κ1) is 9.85. The van der Waals surface area contributed by atoms with E-state index in [1.165, 1.54) is 0 Å². The third kappa shape index (κ3) is 1.89. The predicted octanol–water partition coefficient (Wildman–Crippen LogP) is -0.139. The van der Waals surface area contributed by atoms with E-state index >= 15 is 0 Å². The first-order valence-electron chi connectivity index (χ1n) is 4.67. The zero-order valence-corrected chi connectivity index (χ0v) is 8.75. The zero-order chi connectivity index (χ0) is 10.8. The molecule has 2 rings (SSSR count). The minimum Gasteiger partial charge on any atom is -0.388 e. The Bertz CT molecular complexity index is 459. The minimum atomic E-state index is -0.0979. The topological polar surface area (TPSA) is 68.8 Å². The minimum absolute atomic E-state index is 0.0979. The van der Waals surface area contributed by atoms with Gasteiger partial charge in [0.2, 0.25) is 0 Å². The van der Waals surface area contributed by atoms with Gasteiger partial charge < -0.3 is 9.67 Å². The van der Waals surface area contributed by atoms with Crippen LogP contribution in [-0.2, 0) is 20.2 Å². The summed E-state index contributed by atoms with van der Waals surface area (Å²) in [6.45, 7) is 2.50. The van der Waals surface area contributed by atoms with E-state index in [1.807, 2.05) is 24.7 Å². The highest BCUT2D eigenvalue weighted by Gasteiger charge is 2.07. The molecule has 6 nitrogen and oxygen atoms in total. The highest BCUT2D eigenvalue weighted by molar-refractivity contribution is 5.16. The van der Waals surface area contributed by atoms with E-state index in [0.29, 0.717) is 12.4 Å². The lowest BCUT2D eigenvalue weighted by Crippen LogP contribution is -2.04. The van der Waals surface area contributed by atoms with Gasteiger partial charge in [-0.25, -0.2) is 0 Å². The van der Waals surface area contributed by atoms with Crippen LogP contribution in [0.5, 0.6) is 0 Å². The molecule has 0 radical (unpaired) electrons. The second-order valence-corrected chi connectivity index (χ2v) is 3.45. The maximum absolute atomic E-state index is 9.02. The van der Waals surface area contributed by atoms with Gasteiger partial charge in [-0.3, -0.25) is 4.68 Å². The molecule has 2 aromatic heterocycles. The fourth-order valence-electron chi connectivity index (χ4n) is 1.52. The van der Waals surface area contributed by atoms with E-state index in [1.54, 1.807) is 11.0 Å². The fourth-order valence-corrected chi connectivity index (χ4v) is 1.52. The van der Waals surface area contributed by atoms with E-state index in [4.69, 9.17) is 5.11 Å². The molecule has 0 spiro atoms. The van der Waals surface area contributed by atoms with Crippen molar-refractivity contribution in [3.05, 3.63) is 29.6 Å². The summed E-state index contributed by atoms with van der Waals surface area (Å²) in [7, 11) is 1.88. The molecule has 0 aliphatic carbocycles. The van der Waals surface area contributed by atoms with Crippen LogP contribution < -0.4 is 0 Å². The number of aryl methyl sites for hydroxylation is 2. The van der Waals surface area contributed by atoms with Crippen molar-refractivity contribution in [2.24, 2.45) is 7.05 Å². The summed E-state index contributed by atoms with van der Waals surface area (Å²) >= 11 is 0. The van der Waals surface area contributed by atoms with Crippen LogP contribution >= 0.6 is 0 Å². The quantitative estimate of drug-likeness (QED) is 0.760. The summed E-state index contributed by atoms with van der Waals surface area (Å²) in [6.07, 6.45) is 3.56. The molecule has 0 bridgehead atoms. The molecule has 1 N–H and O–H groups in total. The van der Waals surface area contributed by atoms with Crippen LogP contribution in [0.2, 0.25) is 0 Å². The monoisotopic (exact) mass is 207 g/mol. The zero-order valence-electron chi connectivity index (χ0n) is 8.75. The number of aromatic nitrogens is 5. The van der Waals surface area contributed by atoms with Crippen molar-refractivity contribution in [3.8, 4) is 0 Å². The lowest BCUT2D eigenvalue weighted by molar-refractivity contribution is 0.265. The van der Waals surface area contributed by atoms with E-state index < -0.39 is 0 Å². The van der Waals surface area contributed by atoms with E-state index in [2.05, 4.69) is 15.3 Å². The van der Waals surface area contributed by atoms with Crippen molar-refractivity contribution < 1.29 is 5.11 Å². The summed E-state index contributed by atoms with van der Waals surface area (Å²) in [5, 5.41) is 20.8. The molecule has 0 saturated carbocycles. The van der Waals surface area contributed by atoms with Gasteiger partial charge in [-0.1, -0.05) is 0 Å². The number of aliphatic hydroxyl groups excluding tert-OH is 1. The second kappa shape index (κ2) is 3.82. The maximum Gasteiger partial charge on any atom is 0.158 e. The van der Waals surface area contributed by atoms with Crippen LogP contribution in [0.25, 0.3) is 0 Å². The maximum atomic E-state index is 9.02. The van der Waals surface area contributed by atoms with Gasteiger partial charge in [0.1, 0.15) is 12.9 Å². The number of aliphatic hydroxyl groups is 1. The molecule has 0 aromatic carbocycles. The van der Waals surface area contributed by atoms with Crippen molar-refractivity contribution in [2.75, 3.05) is 0 Å². The average Bonchev–Trinajstić information content (AvgIpc) is 2.74. The predicted molar refractivity (Wildman–Crippen MR) is 53.0 cm³/mol. The Hall–Kier alpha value is -1.69. The molecule has 0 fully saturated rings. The number of nitrogens with zero attached hydrogens (tertiary/aromatic N) is 5. The molecule has 15 heavy (non-hydrogen) atoms. The molecule has 0 amide bonds. The molecule has 0 atom stereocenters. The third-order valence-electron chi connectivity index (χ3n) is 2.29. The van der Waals surface area contributed by atoms with Gasteiger partial charge in [0.15, 0.2) is 5.82 Å². The Balaban J connectivity index is 2.25. The van der Waals surface area contributed by atoms with Crippen molar-refractivity contribution in [2.45, 2.75) is 20.1 Å². The molecule has 2 aromatic rings. The Morgan fingerprint density at radius 3 is 2.87 bits per heavy atom. The van der Waals surface area contributed by atoms with Gasteiger partial charge in [0, 0.05) is 18.8 Å². The van der Waals surface area contributed by atoms with Crippen molar-refractivity contribution in [1.82, 2.24) is 24.5 Å². The van der Waals surface area contributed by atoms with Gasteiger partial charge in [0.25, 0.3) is 0 Å². The highest BCUT2D eigenvalue weighted by atomic mass is 16.3. The summed E-state index contributed by atoms with van der Waals surface area (Å²) in [6, 6.07) is 0. The summed E-state index contributed by atoms with van der Waals surface area (Å²) < 4.78 is 3.58. The molecule has 80 valence electrons. The molecular weight excluding hydrogens is 194 g/mol. The SMILES string of the molecule is Cc1nn(C)cc1Cn1cnnc1CO. The van der Waals surface area contributed by atoms with Crippen molar-refractivity contribution in [1.29, 1.82) is 0 Å². The first-order valence-corrected chi connectivity index (χ1v) is 4.67. The smallest absolute Gasteiger partial charge is 0.158 e. The Labute approximate surface area is 87.2 Å². The molecule has 2 heterocycles. The van der Waals surface area contributed by atoms with Crippen LogP contribution in [0.15, 0.2) is 12.5 Å². The second-order valence-electron chi connectivity index (χ2n) is 3.45. The average molecular weight is 207 g/mol. The Kier molecular flexibility index (Phi) is 2.51. The van der Waals surface area contributed by atoms with Gasteiger partial charge in [-0.15, -0.1) is 10.2 Å². The Morgan fingerprint density at radius 1 is 1.47 bits per heavy atom. The largest absolute Gasteiger partial charge is 0.388 e. The van der Waals surface area contributed by atoms with Gasteiger partial charge in [-0.2, -0.15) is 5.10 Å². The normalized spacial score (nSPS) is 10.9. The number of rotatable bonds is 3. The Morgan fingerprint density at radius 2 is 2.27 bits per heavy atom. The molecule has 6 heteroatoms. The molecular formula is C9H13N5O. The van der Waals surface area contributed by atoms with Gasteiger partial charge in [0.05, 0.1) is 12.2 Å². The van der Waals surface area contributed by atoms with Crippen LogP contribution in [0.3, 0.4) is 0 Å².